The van der Waals surface area contributed by atoms with Crippen LogP contribution >= 0.6 is 0 Å². The molecule has 1 amide bonds. The highest BCUT2D eigenvalue weighted by molar-refractivity contribution is 5.77. The largest absolute Gasteiger partial charge is 0.399 e. The van der Waals surface area contributed by atoms with Crippen molar-refractivity contribution in [3.63, 3.8) is 0 Å². The third-order valence-corrected chi connectivity index (χ3v) is 3.28. The number of rotatable bonds is 3. The summed E-state index contributed by atoms with van der Waals surface area (Å²) < 4.78 is 0. The molecule has 1 fully saturated rings. The summed E-state index contributed by atoms with van der Waals surface area (Å²) in [4.78, 5) is 13.4. The molecule has 0 radical (unpaired) electrons. The molecule has 5 nitrogen and oxygen atoms in total. The number of likely N-dealkylation sites (tertiary alicyclic amines) is 1. The Balaban J connectivity index is 1.88. The Hall–Kier alpha value is -1.59. The summed E-state index contributed by atoms with van der Waals surface area (Å²) in [5.41, 5.74) is 7.44. The average Bonchev–Trinajstić information content (AvgIpc) is 2.68. The van der Waals surface area contributed by atoms with Crippen LogP contribution in [0.1, 0.15) is 12.0 Å². The number of carbonyl (C=O) groups excluding carboxylic acids is 1. The smallest absolute Gasteiger partial charge is 0.223 e. The van der Waals surface area contributed by atoms with Crippen LogP contribution in [0.15, 0.2) is 24.3 Å². The summed E-state index contributed by atoms with van der Waals surface area (Å²) in [6.07, 6.45) is -0.728. The zero-order valence-corrected chi connectivity index (χ0v) is 10.1. The summed E-state index contributed by atoms with van der Waals surface area (Å²) in [6, 6.07) is 7.45. The van der Waals surface area contributed by atoms with Gasteiger partial charge in [-0.3, -0.25) is 4.79 Å². The second-order valence-electron chi connectivity index (χ2n) is 4.63. The fourth-order valence-electron chi connectivity index (χ4n) is 2.13. The third kappa shape index (κ3) is 2.80. The van der Waals surface area contributed by atoms with Crippen molar-refractivity contribution < 1.29 is 15.0 Å². The molecule has 0 aliphatic carbocycles. The molecule has 0 spiro atoms. The first-order valence-corrected chi connectivity index (χ1v) is 6.05. The van der Waals surface area contributed by atoms with Gasteiger partial charge in [0.05, 0.1) is 12.2 Å². The number of para-hydroxylation sites is 1. The highest BCUT2D eigenvalue weighted by Crippen LogP contribution is 2.15. The normalized spacial score (nSPS) is 23.3. The van der Waals surface area contributed by atoms with Crippen LogP contribution in [0, 0.1) is 0 Å². The predicted molar refractivity (Wildman–Crippen MR) is 67.8 cm³/mol. The summed E-state index contributed by atoms with van der Waals surface area (Å²) in [6.45, 7) is 0.425. The second kappa shape index (κ2) is 5.37. The van der Waals surface area contributed by atoms with Gasteiger partial charge in [-0.2, -0.15) is 0 Å². The van der Waals surface area contributed by atoms with Crippen molar-refractivity contribution in [2.24, 2.45) is 0 Å². The molecule has 0 aromatic heterocycles. The van der Waals surface area contributed by atoms with E-state index in [0.717, 1.165) is 5.56 Å². The molecule has 1 aromatic carbocycles. The Morgan fingerprint density at radius 3 is 2.50 bits per heavy atom. The monoisotopic (exact) mass is 250 g/mol. The number of amides is 1. The first kappa shape index (κ1) is 12.9. The van der Waals surface area contributed by atoms with Gasteiger partial charge in [0.1, 0.15) is 0 Å². The molecule has 2 atom stereocenters. The lowest BCUT2D eigenvalue weighted by atomic mass is 10.1. The van der Waals surface area contributed by atoms with Crippen LogP contribution in [0.2, 0.25) is 0 Å². The quantitative estimate of drug-likeness (QED) is 0.646. The molecule has 2 rings (SSSR count). The van der Waals surface area contributed by atoms with Gasteiger partial charge in [0.2, 0.25) is 5.91 Å². The zero-order chi connectivity index (χ0) is 13.1. The molecule has 0 saturated carbocycles. The maximum atomic E-state index is 11.9. The number of nitrogen functional groups attached to an aromatic ring is 1. The maximum Gasteiger partial charge on any atom is 0.223 e. The number of β-amino-alcohol motifs (C(OH)–C–C–N with tert-alkyl or cyclic N) is 2. The minimum absolute atomic E-state index is 0.0612. The molecule has 0 bridgehead atoms. The van der Waals surface area contributed by atoms with Crippen molar-refractivity contribution in [1.29, 1.82) is 0 Å². The first-order valence-electron chi connectivity index (χ1n) is 6.05. The Morgan fingerprint density at radius 1 is 1.28 bits per heavy atom. The topological polar surface area (TPSA) is 86.8 Å². The van der Waals surface area contributed by atoms with E-state index in [2.05, 4.69) is 0 Å². The number of hydrogen-bond acceptors (Lipinski definition) is 4. The number of aliphatic hydroxyl groups is 2. The third-order valence-electron chi connectivity index (χ3n) is 3.28. The molecule has 0 unspecified atom stereocenters. The fraction of sp³-hybridized carbons (Fsp3) is 0.462. The number of aryl methyl sites for hydroxylation is 1. The van der Waals surface area contributed by atoms with E-state index in [0.29, 0.717) is 18.5 Å². The van der Waals surface area contributed by atoms with Gasteiger partial charge in [0.15, 0.2) is 0 Å². The number of carbonyl (C=O) groups is 1. The average molecular weight is 250 g/mol. The molecule has 4 N–H and O–H groups in total. The van der Waals surface area contributed by atoms with Gasteiger partial charge in [0.25, 0.3) is 0 Å². The Labute approximate surface area is 106 Å². The van der Waals surface area contributed by atoms with Gasteiger partial charge in [-0.15, -0.1) is 0 Å². The number of benzene rings is 1. The molecule has 1 heterocycles. The molecule has 5 heteroatoms. The van der Waals surface area contributed by atoms with E-state index in [-0.39, 0.29) is 19.0 Å². The Bertz CT molecular complexity index is 426. The predicted octanol–water partition coefficient (Wildman–Crippen LogP) is -0.235. The number of nitrogens with two attached hydrogens (primary N) is 1. The van der Waals surface area contributed by atoms with Crippen molar-refractivity contribution in [3.8, 4) is 0 Å². The number of anilines is 1. The molecule has 1 aliphatic rings. The molecular formula is C13H18N2O3. The molecule has 18 heavy (non-hydrogen) atoms. The lowest BCUT2D eigenvalue weighted by Gasteiger charge is -2.15. The van der Waals surface area contributed by atoms with Crippen LogP contribution in [0.3, 0.4) is 0 Å². The molecule has 1 saturated heterocycles. The van der Waals surface area contributed by atoms with Gasteiger partial charge in [-0.05, 0) is 18.1 Å². The van der Waals surface area contributed by atoms with Crippen molar-refractivity contribution in [2.45, 2.75) is 25.0 Å². The lowest BCUT2D eigenvalue weighted by Crippen LogP contribution is -2.30. The molecular weight excluding hydrogens is 232 g/mol. The number of aliphatic hydroxyl groups excluding tert-OH is 2. The molecule has 98 valence electrons. The van der Waals surface area contributed by atoms with Gasteiger partial charge in [-0.1, -0.05) is 18.2 Å². The van der Waals surface area contributed by atoms with Crippen LogP contribution < -0.4 is 5.73 Å². The molecule has 1 aromatic rings. The van der Waals surface area contributed by atoms with Crippen molar-refractivity contribution in [3.05, 3.63) is 29.8 Å². The second-order valence-corrected chi connectivity index (χ2v) is 4.63. The van der Waals surface area contributed by atoms with Crippen LogP contribution in [0.25, 0.3) is 0 Å². The summed E-state index contributed by atoms with van der Waals surface area (Å²) >= 11 is 0. The van der Waals surface area contributed by atoms with Crippen LogP contribution in [0.4, 0.5) is 5.69 Å². The van der Waals surface area contributed by atoms with Gasteiger partial charge < -0.3 is 20.8 Å². The number of nitrogens with zero attached hydrogens (tertiary/aromatic N) is 1. The van der Waals surface area contributed by atoms with Gasteiger partial charge in [-0.25, -0.2) is 0 Å². The standard InChI is InChI=1S/C13H18N2O3/c14-10-4-2-1-3-9(10)5-6-13(18)15-7-11(16)12(17)8-15/h1-4,11-12,16-17H,5-8,14H2/t11-,12+. The van der Waals surface area contributed by atoms with E-state index in [9.17, 15) is 15.0 Å². The van der Waals surface area contributed by atoms with Gasteiger partial charge >= 0.3 is 0 Å². The van der Waals surface area contributed by atoms with E-state index >= 15 is 0 Å². The van der Waals surface area contributed by atoms with Gasteiger partial charge in [0, 0.05) is 25.2 Å². The molecule has 1 aliphatic heterocycles. The summed E-state index contributed by atoms with van der Waals surface area (Å²) in [5, 5.41) is 18.8. The SMILES string of the molecule is Nc1ccccc1CCC(=O)N1C[C@@H](O)[C@@H](O)C1. The van der Waals surface area contributed by atoms with Crippen LogP contribution in [-0.4, -0.2) is 46.3 Å². The Morgan fingerprint density at radius 2 is 1.89 bits per heavy atom. The van der Waals surface area contributed by atoms with E-state index in [1.165, 1.54) is 4.90 Å². The van der Waals surface area contributed by atoms with E-state index < -0.39 is 12.2 Å². The zero-order valence-electron chi connectivity index (χ0n) is 10.1. The van der Waals surface area contributed by atoms with Crippen LogP contribution in [0.5, 0.6) is 0 Å². The highest BCUT2D eigenvalue weighted by Gasteiger charge is 2.32. The highest BCUT2D eigenvalue weighted by atomic mass is 16.3. The first-order chi connectivity index (χ1) is 8.58. The van der Waals surface area contributed by atoms with Crippen molar-refractivity contribution >= 4 is 11.6 Å². The van der Waals surface area contributed by atoms with E-state index in [1.54, 1.807) is 0 Å². The van der Waals surface area contributed by atoms with Crippen molar-refractivity contribution in [1.82, 2.24) is 4.90 Å². The van der Waals surface area contributed by atoms with E-state index in [4.69, 9.17) is 5.73 Å². The summed E-state index contributed by atoms with van der Waals surface area (Å²) in [7, 11) is 0. The van der Waals surface area contributed by atoms with Crippen molar-refractivity contribution in [2.75, 3.05) is 18.8 Å². The van der Waals surface area contributed by atoms with Crippen LogP contribution in [-0.2, 0) is 11.2 Å². The lowest BCUT2D eigenvalue weighted by molar-refractivity contribution is -0.130. The Kier molecular flexibility index (Phi) is 3.84. The minimum Gasteiger partial charge on any atom is -0.399 e. The maximum absolute atomic E-state index is 11.9. The summed E-state index contributed by atoms with van der Waals surface area (Å²) in [5.74, 6) is -0.0612. The van der Waals surface area contributed by atoms with E-state index in [1.807, 2.05) is 24.3 Å². The fourth-order valence-corrected chi connectivity index (χ4v) is 2.13. The number of hydrogen-bond donors (Lipinski definition) is 3. The minimum atomic E-state index is -0.823.